The predicted molar refractivity (Wildman–Crippen MR) is 129 cm³/mol. The number of hydrogen-bond acceptors (Lipinski definition) is 3. The largest absolute Gasteiger partial charge is 0.488 e. The fraction of sp³-hybridized carbons (Fsp3) is 0.435. The average molecular weight is 509 g/mol. The van der Waals surface area contributed by atoms with Gasteiger partial charge < -0.3 is 20.1 Å². The molecule has 1 unspecified atom stereocenters. The first-order valence-electron chi connectivity index (χ1n) is 9.89. The molecule has 0 aromatic heterocycles. The Balaban J connectivity index is 0.00000300. The first kappa shape index (κ1) is 23.5. The van der Waals surface area contributed by atoms with Gasteiger partial charge in [0.2, 0.25) is 0 Å². The molecule has 1 aliphatic heterocycles. The monoisotopic (exact) mass is 509 g/mol. The molecule has 1 atom stereocenters. The molecule has 6 heteroatoms. The molecule has 1 saturated heterocycles. The summed E-state index contributed by atoms with van der Waals surface area (Å²) in [7, 11) is 1.79. The zero-order valence-electron chi connectivity index (χ0n) is 17.7. The second kappa shape index (κ2) is 11.4. The maximum absolute atomic E-state index is 6.18. The van der Waals surface area contributed by atoms with Crippen LogP contribution < -0.4 is 15.4 Å². The lowest BCUT2D eigenvalue weighted by Crippen LogP contribution is -2.36. The standard InChI is InChI=1S/C23H31N3O2.HI/c1-16-5-7-19(18(3)11-16)13-25-23(24-4)26-14-20-8-6-17(2)12-22(20)28-21-9-10-27-15-21;/h5-8,11-12,21H,9-10,13-15H2,1-4H3,(H2,24,25,26);1H. The molecule has 2 aromatic carbocycles. The number of halogens is 1. The van der Waals surface area contributed by atoms with Gasteiger partial charge in [0.25, 0.3) is 0 Å². The number of benzene rings is 2. The Morgan fingerprint density at radius 2 is 1.69 bits per heavy atom. The van der Waals surface area contributed by atoms with Crippen LogP contribution in [0, 0.1) is 20.8 Å². The SMILES string of the molecule is CN=C(NCc1ccc(C)cc1C)NCc1ccc(C)cc1OC1CCOC1.I. The lowest BCUT2D eigenvalue weighted by Gasteiger charge is -2.18. The van der Waals surface area contributed by atoms with E-state index in [0.29, 0.717) is 13.2 Å². The van der Waals surface area contributed by atoms with E-state index in [-0.39, 0.29) is 30.1 Å². The van der Waals surface area contributed by atoms with E-state index in [1.807, 2.05) is 0 Å². The summed E-state index contributed by atoms with van der Waals surface area (Å²) < 4.78 is 11.6. The molecule has 158 valence electrons. The summed E-state index contributed by atoms with van der Waals surface area (Å²) in [5.74, 6) is 1.70. The van der Waals surface area contributed by atoms with Crippen molar-refractivity contribution >= 4 is 29.9 Å². The van der Waals surface area contributed by atoms with Crippen LogP contribution in [0.1, 0.15) is 34.2 Å². The minimum absolute atomic E-state index is 0. The van der Waals surface area contributed by atoms with E-state index < -0.39 is 0 Å². The third-order valence-corrected chi connectivity index (χ3v) is 5.02. The molecule has 0 amide bonds. The summed E-state index contributed by atoms with van der Waals surface area (Å²) in [4.78, 5) is 4.35. The Labute approximate surface area is 191 Å². The van der Waals surface area contributed by atoms with Crippen molar-refractivity contribution in [2.45, 2.75) is 46.4 Å². The number of aliphatic imine (C=N–C) groups is 1. The molecule has 0 bridgehead atoms. The molecular weight excluding hydrogens is 477 g/mol. The zero-order valence-corrected chi connectivity index (χ0v) is 20.1. The maximum Gasteiger partial charge on any atom is 0.191 e. The van der Waals surface area contributed by atoms with E-state index >= 15 is 0 Å². The van der Waals surface area contributed by atoms with Crippen molar-refractivity contribution in [3.63, 3.8) is 0 Å². The average Bonchev–Trinajstić information content (AvgIpc) is 3.17. The molecule has 0 spiro atoms. The van der Waals surface area contributed by atoms with Crippen molar-refractivity contribution in [2.75, 3.05) is 20.3 Å². The number of rotatable bonds is 6. The van der Waals surface area contributed by atoms with Gasteiger partial charge in [-0.1, -0.05) is 35.9 Å². The van der Waals surface area contributed by atoms with Gasteiger partial charge in [0.1, 0.15) is 11.9 Å². The molecule has 1 fully saturated rings. The van der Waals surface area contributed by atoms with E-state index in [1.54, 1.807) is 7.05 Å². The van der Waals surface area contributed by atoms with Crippen LogP contribution in [0.2, 0.25) is 0 Å². The van der Waals surface area contributed by atoms with Gasteiger partial charge in [0.05, 0.1) is 13.2 Å². The highest BCUT2D eigenvalue weighted by molar-refractivity contribution is 14.0. The van der Waals surface area contributed by atoms with Gasteiger partial charge in [-0.05, 0) is 43.5 Å². The van der Waals surface area contributed by atoms with Gasteiger partial charge in [-0.3, -0.25) is 4.99 Å². The number of ether oxygens (including phenoxy) is 2. The Morgan fingerprint density at radius 3 is 2.31 bits per heavy atom. The fourth-order valence-corrected chi connectivity index (χ4v) is 3.33. The third kappa shape index (κ3) is 6.89. The van der Waals surface area contributed by atoms with Crippen LogP contribution in [-0.4, -0.2) is 32.3 Å². The highest BCUT2D eigenvalue weighted by Gasteiger charge is 2.18. The van der Waals surface area contributed by atoms with Crippen LogP contribution in [0.5, 0.6) is 5.75 Å². The van der Waals surface area contributed by atoms with Crippen molar-refractivity contribution in [3.05, 3.63) is 64.2 Å². The van der Waals surface area contributed by atoms with Crippen molar-refractivity contribution in [2.24, 2.45) is 4.99 Å². The fourth-order valence-electron chi connectivity index (χ4n) is 3.33. The second-order valence-corrected chi connectivity index (χ2v) is 7.42. The van der Waals surface area contributed by atoms with E-state index in [9.17, 15) is 0 Å². The first-order valence-corrected chi connectivity index (χ1v) is 9.89. The first-order chi connectivity index (χ1) is 13.5. The Morgan fingerprint density at radius 1 is 1.03 bits per heavy atom. The van der Waals surface area contributed by atoms with Crippen molar-refractivity contribution < 1.29 is 9.47 Å². The van der Waals surface area contributed by atoms with Crippen LogP contribution in [0.3, 0.4) is 0 Å². The number of nitrogens with zero attached hydrogens (tertiary/aromatic N) is 1. The molecule has 0 saturated carbocycles. The Kier molecular flexibility index (Phi) is 9.23. The molecule has 0 radical (unpaired) electrons. The molecule has 1 heterocycles. The van der Waals surface area contributed by atoms with Gasteiger partial charge in [-0.2, -0.15) is 0 Å². The number of guanidine groups is 1. The quantitative estimate of drug-likeness (QED) is 0.347. The Bertz CT molecular complexity index is 833. The van der Waals surface area contributed by atoms with Gasteiger partial charge in [0.15, 0.2) is 5.96 Å². The number of aryl methyl sites for hydroxylation is 3. The summed E-state index contributed by atoms with van der Waals surface area (Å²) in [6.07, 6.45) is 1.09. The molecule has 5 nitrogen and oxygen atoms in total. The van der Waals surface area contributed by atoms with Crippen molar-refractivity contribution in [1.82, 2.24) is 10.6 Å². The molecule has 1 aliphatic rings. The van der Waals surface area contributed by atoms with Crippen molar-refractivity contribution in [3.8, 4) is 5.75 Å². The number of nitrogens with one attached hydrogen (secondary N) is 2. The van der Waals surface area contributed by atoms with Crippen molar-refractivity contribution in [1.29, 1.82) is 0 Å². The van der Waals surface area contributed by atoms with E-state index in [2.05, 4.69) is 72.8 Å². The van der Waals surface area contributed by atoms with Gasteiger partial charge in [-0.25, -0.2) is 0 Å². The van der Waals surface area contributed by atoms with Gasteiger partial charge in [0, 0.05) is 32.1 Å². The highest BCUT2D eigenvalue weighted by atomic mass is 127. The topological polar surface area (TPSA) is 54.9 Å². The lowest BCUT2D eigenvalue weighted by molar-refractivity contribution is 0.140. The predicted octanol–water partition coefficient (Wildman–Crippen LogP) is 4.26. The molecule has 2 N–H and O–H groups in total. The van der Waals surface area contributed by atoms with E-state index in [0.717, 1.165) is 36.8 Å². The van der Waals surface area contributed by atoms with E-state index in [1.165, 1.54) is 22.3 Å². The van der Waals surface area contributed by atoms with Crippen LogP contribution >= 0.6 is 24.0 Å². The second-order valence-electron chi connectivity index (χ2n) is 7.42. The summed E-state index contributed by atoms with van der Waals surface area (Å²) in [6, 6.07) is 12.8. The maximum atomic E-state index is 6.18. The normalized spacial score (nSPS) is 16.3. The summed E-state index contributed by atoms with van der Waals surface area (Å²) in [5, 5.41) is 6.80. The summed E-state index contributed by atoms with van der Waals surface area (Å²) in [6.45, 7) is 9.17. The van der Waals surface area contributed by atoms with E-state index in [4.69, 9.17) is 9.47 Å². The molecular formula is C23H32IN3O2. The van der Waals surface area contributed by atoms with Crippen LogP contribution in [0.4, 0.5) is 0 Å². The summed E-state index contributed by atoms with van der Waals surface area (Å²) >= 11 is 0. The third-order valence-electron chi connectivity index (χ3n) is 5.02. The Hall–Kier alpha value is -1.80. The smallest absolute Gasteiger partial charge is 0.191 e. The van der Waals surface area contributed by atoms with Crippen LogP contribution in [-0.2, 0) is 17.8 Å². The molecule has 2 aromatic rings. The molecule has 0 aliphatic carbocycles. The van der Waals surface area contributed by atoms with Crippen LogP contribution in [0.15, 0.2) is 41.4 Å². The highest BCUT2D eigenvalue weighted by Crippen LogP contribution is 2.23. The van der Waals surface area contributed by atoms with Gasteiger partial charge in [-0.15, -0.1) is 24.0 Å². The minimum atomic E-state index is 0. The minimum Gasteiger partial charge on any atom is -0.488 e. The van der Waals surface area contributed by atoms with Gasteiger partial charge >= 0.3 is 0 Å². The number of hydrogen-bond donors (Lipinski definition) is 2. The molecule has 29 heavy (non-hydrogen) atoms. The summed E-state index contributed by atoms with van der Waals surface area (Å²) in [5.41, 5.74) is 6.15. The van der Waals surface area contributed by atoms with Crippen LogP contribution in [0.25, 0.3) is 0 Å². The lowest BCUT2D eigenvalue weighted by atomic mass is 10.1. The zero-order chi connectivity index (χ0) is 19.9. The molecule has 3 rings (SSSR count).